The number of furan rings is 1. The second-order valence-corrected chi connectivity index (χ2v) is 8.47. The molecule has 0 saturated heterocycles. The van der Waals surface area contributed by atoms with Gasteiger partial charge in [0.1, 0.15) is 5.82 Å². The Bertz CT molecular complexity index is 1300. The molecule has 0 bridgehead atoms. The lowest BCUT2D eigenvalue weighted by molar-refractivity contribution is 0.0998. The van der Waals surface area contributed by atoms with E-state index in [9.17, 15) is 4.79 Å². The van der Waals surface area contributed by atoms with E-state index < -0.39 is 0 Å². The Morgan fingerprint density at radius 3 is 2.84 bits per heavy atom. The predicted molar refractivity (Wildman–Crippen MR) is 122 cm³/mol. The van der Waals surface area contributed by atoms with E-state index in [0.717, 1.165) is 65.2 Å². The summed E-state index contributed by atoms with van der Waals surface area (Å²) in [4.78, 5) is 13.1. The molecule has 5 rings (SSSR count). The van der Waals surface area contributed by atoms with E-state index in [1.54, 1.807) is 6.07 Å². The number of fused-ring (bicyclic) bond motifs is 2. The van der Waals surface area contributed by atoms with Gasteiger partial charge in [-0.05, 0) is 44.4 Å². The molecule has 31 heavy (non-hydrogen) atoms. The molecule has 6 nitrogen and oxygen atoms in total. The van der Waals surface area contributed by atoms with Crippen molar-refractivity contribution in [1.29, 1.82) is 0 Å². The van der Waals surface area contributed by atoms with Gasteiger partial charge in [0.2, 0.25) is 0 Å². The Kier molecular flexibility index (Phi) is 5.02. The van der Waals surface area contributed by atoms with Crippen molar-refractivity contribution in [2.75, 3.05) is 5.32 Å². The van der Waals surface area contributed by atoms with Gasteiger partial charge in [0.15, 0.2) is 17.2 Å². The van der Waals surface area contributed by atoms with Gasteiger partial charge in [0, 0.05) is 35.2 Å². The first-order chi connectivity index (χ1) is 15.0. The second-order valence-electron chi connectivity index (χ2n) is 8.06. The minimum absolute atomic E-state index is 0.268. The molecule has 7 heteroatoms. The molecule has 4 aromatic rings. The molecule has 0 fully saturated rings. The number of carbonyl (C=O) groups is 1. The van der Waals surface area contributed by atoms with Crippen LogP contribution in [0.2, 0.25) is 5.02 Å². The molecule has 2 aromatic carbocycles. The fourth-order valence-electron chi connectivity index (χ4n) is 4.20. The molecule has 3 heterocycles. The molecule has 0 atom stereocenters. The molecule has 0 aliphatic carbocycles. The number of aromatic nitrogens is 3. The SMILES string of the molecule is Cc1ccc(-c2nnc3n2CCCCC3)cc1NC(=O)c1oc2c(Cl)cccc2c1C. The maximum atomic E-state index is 13.1. The zero-order valence-electron chi connectivity index (χ0n) is 17.5. The van der Waals surface area contributed by atoms with Gasteiger partial charge in [-0.25, -0.2) is 0 Å². The average Bonchev–Trinajstić information content (AvgIpc) is 3.23. The van der Waals surface area contributed by atoms with E-state index in [1.807, 2.05) is 44.2 Å². The predicted octanol–water partition coefficient (Wildman–Crippen LogP) is 5.94. The van der Waals surface area contributed by atoms with E-state index in [0.29, 0.717) is 10.6 Å². The highest BCUT2D eigenvalue weighted by Crippen LogP contribution is 2.32. The van der Waals surface area contributed by atoms with Gasteiger partial charge in [0.25, 0.3) is 5.91 Å². The number of para-hydroxylation sites is 1. The van der Waals surface area contributed by atoms with Gasteiger partial charge >= 0.3 is 0 Å². The number of halogens is 1. The molecular formula is C24H23ClN4O2. The first-order valence-electron chi connectivity index (χ1n) is 10.5. The first kappa shape index (κ1) is 19.8. The third-order valence-electron chi connectivity index (χ3n) is 5.98. The van der Waals surface area contributed by atoms with E-state index in [2.05, 4.69) is 20.1 Å². The molecule has 1 aliphatic rings. The Hall–Kier alpha value is -3.12. The van der Waals surface area contributed by atoms with E-state index in [1.165, 1.54) is 6.42 Å². The number of carbonyl (C=O) groups excluding carboxylic acids is 1. The standard InChI is InChI=1S/C24H23ClN4O2/c1-14-10-11-16(23-28-27-20-9-4-3-5-12-29(20)23)13-19(14)26-24(30)21-15(2)17-7-6-8-18(25)22(17)31-21/h6-8,10-11,13H,3-5,9,12H2,1-2H3,(H,26,30). The average molecular weight is 435 g/mol. The third-order valence-corrected chi connectivity index (χ3v) is 6.27. The van der Waals surface area contributed by atoms with Crippen LogP contribution < -0.4 is 5.32 Å². The van der Waals surface area contributed by atoms with Crippen LogP contribution >= 0.6 is 11.6 Å². The number of hydrogen-bond donors (Lipinski definition) is 1. The number of aryl methyl sites for hydroxylation is 3. The summed E-state index contributed by atoms with van der Waals surface area (Å²) >= 11 is 6.24. The normalized spacial score (nSPS) is 13.8. The molecular weight excluding hydrogens is 412 g/mol. The van der Waals surface area contributed by atoms with Crippen molar-refractivity contribution in [3.8, 4) is 11.4 Å². The Labute approximate surface area is 185 Å². The van der Waals surface area contributed by atoms with E-state index >= 15 is 0 Å². The quantitative estimate of drug-likeness (QED) is 0.433. The molecule has 0 unspecified atom stereocenters. The molecule has 0 spiro atoms. The van der Waals surface area contributed by atoms with Crippen LogP contribution in [0.5, 0.6) is 0 Å². The van der Waals surface area contributed by atoms with Gasteiger partial charge < -0.3 is 14.3 Å². The first-order valence-corrected chi connectivity index (χ1v) is 10.9. The molecule has 0 saturated carbocycles. The van der Waals surface area contributed by atoms with Gasteiger partial charge in [-0.15, -0.1) is 10.2 Å². The molecule has 1 amide bonds. The molecule has 0 radical (unpaired) electrons. The van der Waals surface area contributed by atoms with Crippen LogP contribution in [-0.4, -0.2) is 20.7 Å². The van der Waals surface area contributed by atoms with Crippen LogP contribution in [0, 0.1) is 13.8 Å². The number of hydrogen-bond acceptors (Lipinski definition) is 4. The van der Waals surface area contributed by atoms with Crippen molar-refractivity contribution in [2.24, 2.45) is 0 Å². The summed E-state index contributed by atoms with van der Waals surface area (Å²) in [5, 5.41) is 13.2. The third kappa shape index (κ3) is 3.51. The van der Waals surface area contributed by atoms with Crippen molar-refractivity contribution in [3.05, 3.63) is 64.1 Å². The number of nitrogens with zero attached hydrogens (tertiary/aromatic N) is 3. The van der Waals surface area contributed by atoms with Crippen molar-refractivity contribution < 1.29 is 9.21 Å². The maximum Gasteiger partial charge on any atom is 0.291 e. The Morgan fingerprint density at radius 2 is 2.00 bits per heavy atom. The summed E-state index contributed by atoms with van der Waals surface area (Å²) in [5.74, 6) is 1.85. The number of benzene rings is 2. The summed E-state index contributed by atoms with van der Waals surface area (Å²) in [7, 11) is 0. The Morgan fingerprint density at radius 1 is 1.13 bits per heavy atom. The largest absolute Gasteiger partial charge is 0.449 e. The van der Waals surface area contributed by atoms with Crippen LogP contribution in [0.15, 0.2) is 40.8 Å². The minimum Gasteiger partial charge on any atom is -0.449 e. The summed E-state index contributed by atoms with van der Waals surface area (Å²) in [6, 6.07) is 11.5. The Balaban J connectivity index is 1.48. The van der Waals surface area contributed by atoms with Crippen molar-refractivity contribution in [3.63, 3.8) is 0 Å². The van der Waals surface area contributed by atoms with Gasteiger partial charge in [-0.3, -0.25) is 4.79 Å². The number of anilines is 1. The molecule has 158 valence electrons. The van der Waals surface area contributed by atoms with Gasteiger partial charge in [-0.1, -0.05) is 42.3 Å². The van der Waals surface area contributed by atoms with Crippen molar-refractivity contribution >= 4 is 34.2 Å². The van der Waals surface area contributed by atoms with Crippen molar-refractivity contribution in [1.82, 2.24) is 14.8 Å². The molecule has 2 aromatic heterocycles. The summed E-state index contributed by atoms with van der Waals surface area (Å²) in [6.07, 6.45) is 4.44. The van der Waals surface area contributed by atoms with Crippen LogP contribution in [0.4, 0.5) is 5.69 Å². The fourth-order valence-corrected chi connectivity index (χ4v) is 4.41. The van der Waals surface area contributed by atoms with Gasteiger partial charge in [-0.2, -0.15) is 0 Å². The summed E-state index contributed by atoms with van der Waals surface area (Å²) < 4.78 is 8.03. The second kappa shape index (κ2) is 7.85. The zero-order chi connectivity index (χ0) is 21.5. The lowest BCUT2D eigenvalue weighted by Gasteiger charge is -2.11. The molecule has 1 aliphatic heterocycles. The van der Waals surface area contributed by atoms with E-state index in [-0.39, 0.29) is 11.7 Å². The van der Waals surface area contributed by atoms with Crippen LogP contribution in [0.25, 0.3) is 22.4 Å². The summed E-state index contributed by atoms with van der Waals surface area (Å²) in [6.45, 7) is 4.75. The van der Waals surface area contributed by atoms with E-state index in [4.69, 9.17) is 16.0 Å². The van der Waals surface area contributed by atoms with Gasteiger partial charge in [0.05, 0.1) is 5.02 Å². The maximum absolute atomic E-state index is 13.1. The highest BCUT2D eigenvalue weighted by molar-refractivity contribution is 6.35. The molecule has 1 N–H and O–H groups in total. The highest BCUT2D eigenvalue weighted by Gasteiger charge is 2.21. The smallest absolute Gasteiger partial charge is 0.291 e. The number of rotatable bonds is 3. The van der Waals surface area contributed by atoms with Crippen molar-refractivity contribution in [2.45, 2.75) is 46.1 Å². The van der Waals surface area contributed by atoms with Crippen LogP contribution in [0.1, 0.15) is 46.8 Å². The lowest BCUT2D eigenvalue weighted by atomic mass is 10.1. The highest BCUT2D eigenvalue weighted by atomic mass is 35.5. The van der Waals surface area contributed by atoms with Crippen LogP contribution in [0.3, 0.4) is 0 Å². The number of amides is 1. The zero-order valence-corrected chi connectivity index (χ0v) is 18.3. The lowest BCUT2D eigenvalue weighted by Crippen LogP contribution is -2.13. The minimum atomic E-state index is -0.301. The number of nitrogens with one attached hydrogen (secondary N) is 1. The monoisotopic (exact) mass is 434 g/mol. The summed E-state index contributed by atoms with van der Waals surface area (Å²) in [5.41, 5.74) is 3.92. The van der Waals surface area contributed by atoms with Crippen LogP contribution in [-0.2, 0) is 13.0 Å². The fraction of sp³-hybridized carbons (Fsp3) is 0.292. The topological polar surface area (TPSA) is 73.0 Å².